The molecule has 1 aliphatic heterocycles. The van der Waals surface area contributed by atoms with E-state index in [0.717, 1.165) is 28.1 Å². The summed E-state index contributed by atoms with van der Waals surface area (Å²) in [4.78, 5) is 36.5. The quantitative estimate of drug-likeness (QED) is 0.496. The summed E-state index contributed by atoms with van der Waals surface area (Å²) >= 11 is 4.39. The van der Waals surface area contributed by atoms with E-state index in [2.05, 4.69) is 23.8 Å². The number of aromatic amines is 1. The molecule has 27 heavy (non-hydrogen) atoms. The molecular formula is C19H21N3O2S3. The fourth-order valence-electron chi connectivity index (χ4n) is 3.73. The number of fused-ring (bicyclic) bond motifs is 1. The van der Waals surface area contributed by atoms with Gasteiger partial charge < -0.3 is 9.88 Å². The molecule has 4 rings (SSSR count). The lowest BCUT2D eigenvalue weighted by atomic mass is 9.98. The van der Waals surface area contributed by atoms with E-state index >= 15 is 0 Å². The molecule has 0 aliphatic carbocycles. The molecule has 1 fully saturated rings. The Morgan fingerprint density at radius 2 is 2.11 bits per heavy atom. The van der Waals surface area contributed by atoms with Crippen LogP contribution in [0.1, 0.15) is 33.1 Å². The monoisotopic (exact) mass is 419 g/mol. The number of nitrogens with zero attached hydrogens (tertiary/aromatic N) is 2. The standard InChI is InChI=1S/C19H21N3O2S3/c1-11-5-3-6-12(2)22(11)15(23)10-27-19-20-17(24)16-13(9-26-18(16)21-19)14-7-4-8-25-14/h4,7-9,11-12H,3,5-6,10H2,1-2H3,(H,20,21,24)/t11-,12-/m0/s1. The van der Waals surface area contributed by atoms with Crippen molar-refractivity contribution < 1.29 is 4.79 Å². The Bertz CT molecular complexity index is 999. The second kappa shape index (κ2) is 7.77. The van der Waals surface area contributed by atoms with Crippen molar-refractivity contribution in [2.75, 3.05) is 5.75 Å². The number of likely N-dealkylation sites (tertiary alicyclic amines) is 1. The SMILES string of the molecule is C[C@H]1CCC[C@H](C)N1C(=O)CSc1nc2scc(-c3cccs3)c2c(=O)[nH]1. The first kappa shape index (κ1) is 18.7. The first-order chi connectivity index (χ1) is 13.0. The van der Waals surface area contributed by atoms with Gasteiger partial charge in [-0.1, -0.05) is 17.8 Å². The van der Waals surface area contributed by atoms with Crippen LogP contribution in [0.2, 0.25) is 0 Å². The van der Waals surface area contributed by atoms with Gasteiger partial charge in [0.15, 0.2) is 5.16 Å². The maximum absolute atomic E-state index is 12.7. The van der Waals surface area contributed by atoms with Crippen LogP contribution < -0.4 is 5.56 Å². The number of carbonyl (C=O) groups is 1. The van der Waals surface area contributed by atoms with Gasteiger partial charge in [0, 0.05) is 27.9 Å². The number of hydrogen-bond donors (Lipinski definition) is 1. The third kappa shape index (κ3) is 3.70. The highest BCUT2D eigenvalue weighted by atomic mass is 32.2. The highest BCUT2D eigenvalue weighted by molar-refractivity contribution is 7.99. The maximum atomic E-state index is 12.7. The van der Waals surface area contributed by atoms with Gasteiger partial charge in [-0.3, -0.25) is 9.59 Å². The molecule has 2 atom stereocenters. The van der Waals surface area contributed by atoms with Crippen molar-refractivity contribution >= 4 is 50.6 Å². The van der Waals surface area contributed by atoms with Crippen LogP contribution >= 0.6 is 34.4 Å². The Balaban J connectivity index is 1.53. The summed E-state index contributed by atoms with van der Waals surface area (Å²) < 4.78 is 0. The molecule has 1 N–H and O–H groups in total. The fraction of sp³-hybridized carbons (Fsp3) is 0.421. The zero-order chi connectivity index (χ0) is 19.0. The van der Waals surface area contributed by atoms with Crippen LogP contribution in [0, 0.1) is 0 Å². The molecule has 3 aromatic heterocycles. The smallest absolute Gasteiger partial charge is 0.260 e. The molecule has 3 aromatic rings. The lowest BCUT2D eigenvalue weighted by Gasteiger charge is -2.39. The minimum atomic E-state index is -0.140. The van der Waals surface area contributed by atoms with Gasteiger partial charge in [0.25, 0.3) is 5.56 Å². The summed E-state index contributed by atoms with van der Waals surface area (Å²) in [5, 5.41) is 5.13. The largest absolute Gasteiger partial charge is 0.337 e. The molecule has 1 aliphatic rings. The molecule has 0 spiro atoms. The summed E-state index contributed by atoms with van der Waals surface area (Å²) in [6.07, 6.45) is 3.29. The molecule has 4 heterocycles. The zero-order valence-corrected chi connectivity index (χ0v) is 17.7. The second-order valence-electron chi connectivity index (χ2n) is 6.90. The highest BCUT2D eigenvalue weighted by Crippen LogP contribution is 2.34. The van der Waals surface area contributed by atoms with Crippen molar-refractivity contribution in [2.24, 2.45) is 0 Å². The highest BCUT2D eigenvalue weighted by Gasteiger charge is 2.28. The van der Waals surface area contributed by atoms with E-state index in [1.54, 1.807) is 11.3 Å². The summed E-state index contributed by atoms with van der Waals surface area (Å²) in [6, 6.07) is 4.54. The van der Waals surface area contributed by atoms with E-state index in [4.69, 9.17) is 0 Å². The first-order valence-corrected chi connectivity index (χ1v) is 11.8. The number of piperidine rings is 1. The van der Waals surface area contributed by atoms with Crippen LogP contribution in [0.3, 0.4) is 0 Å². The van der Waals surface area contributed by atoms with Crippen LogP contribution in [-0.4, -0.2) is 38.6 Å². The van der Waals surface area contributed by atoms with Crippen molar-refractivity contribution in [1.82, 2.24) is 14.9 Å². The van der Waals surface area contributed by atoms with Crippen molar-refractivity contribution in [3.05, 3.63) is 33.2 Å². The van der Waals surface area contributed by atoms with Gasteiger partial charge in [0.2, 0.25) is 5.91 Å². The number of carbonyl (C=O) groups excluding carboxylic acids is 1. The second-order valence-corrected chi connectivity index (χ2v) is 9.67. The van der Waals surface area contributed by atoms with Gasteiger partial charge in [0.1, 0.15) is 4.83 Å². The average Bonchev–Trinajstić information content (AvgIpc) is 3.29. The number of thioether (sulfide) groups is 1. The maximum Gasteiger partial charge on any atom is 0.260 e. The van der Waals surface area contributed by atoms with Crippen LogP contribution in [-0.2, 0) is 4.79 Å². The predicted molar refractivity (Wildman–Crippen MR) is 114 cm³/mol. The fourth-order valence-corrected chi connectivity index (χ4v) is 6.28. The molecule has 0 unspecified atom stereocenters. The number of amides is 1. The summed E-state index contributed by atoms with van der Waals surface area (Å²) in [5.74, 6) is 0.416. The molecule has 0 bridgehead atoms. The molecule has 142 valence electrons. The third-order valence-electron chi connectivity index (χ3n) is 5.02. The van der Waals surface area contributed by atoms with E-state index in [9.17, 15) is 9.59 Å². The van der Waals surface area contributed by atoms with Crippen LogP contribution in [0.25, 0.3) is 20.7 Å². The lowest BCUT2D eigenvalue weighted by molar-refractivity contribution is -0.134. The summed E-state index contributed by atoms with van der Waals surface area (Å²) in [5.41, 5.74) is 0.793. The van der Waals surface area contributed by atoms with Crippen molar-refractivity contribution in [1.29, 1.82) is 0 Å². The Labute approximate surface area is 169 Å². The van der Waals surface area contributed by atoms with Crippen LogP contribution in [0.4, 0.5) is 0 Å². The number of hydrogen-bond acceptors (Lipinski definition) is 6. The number of aromatic nitrogens is 2. The molecule has 0 radical (unpaired) electrons. The summed E-state index contributed by atoms with van der Waals surface area (Å²) in [6.45, 7) is 4.23. The van der Waals surface area contributed by atoms with E-state index in [-0.39, 0.29) is 23.6 Å². The van der Waals surface area contributed by atoms with Crippen LogP contribution in [0.15, 0.2) is 32.8 Å². The number of H-pyrrole nitrogens is 1. The molecule has 0 aromatic carbocycles. The third-order valence-corrected chi connectivity index (χ3v) is 7.66. The topological polar surface area (TPSA) is 66.1 Å². The molecular weight excluding hydrogens is 398 g/mol. The molecule has 1 saturated heterocycles. The molecule has 5 nitrogen and oxygen atoms in total. The van der Waals surface area contributed by atoms with E-state index in [0.29, 0.717) is 16.3 Å². The van der Waals surface area contributed by atoms with Crippen molar-refractivity contribution in [3.8, 4) is 10.4 Å². The number of nitrogens with one attached hydrogen (secondary N) is 1. The van der Waals surface area contributed by atoms with Gasteiger partial charge in [-0.05, 0) is 44.6 Å². The minimum Gasteiger partial charge on any atom is -0.337 e. The van der Waals surface area contributed by atoms with E-state index < -0.39 is 0 Å². The lowest BCUT2D eigenvalue weighted by Crippen LogP contribution is -2.48. The Hall–Kier alpha value is -1.64. The van der Waals surface area contributed by atoms with Crippen molar-refractivity contribution in [2.45, 2.75) is 50.4 Å². The first-order valence-electron chi connectivity index (χ1n) is 9.04. The summed E-state index contributed by atoms with van der Waals surface area (Å²) in [7, 11) is 0. The molecule has 1 amide bonds. The predicted octanol–water partition coefficient (Wildman–Crippen LogP) is 4.59. The Kier molecular flexibility index (Phi) is 5.39. The van der Waals surface area contributed by atoms with E-state index in [1.807, 2.05) is 27.8 Å². The molecule has 8 heteroatoms. The van der Waals surface area contributed by atoms with Gasteiger partial charge in [0.05, 0.1) is 11.1 Å². The Morgan fingerprint density at radius 3 is 2.81 bits per heavy atom. The van der Waals surface area contributed by atoms with Gasteiger partial charge in [-0.15, -0.1) is 22.7 Å². The zero-order valence-electron chi connectivity index (χ0n) is 15.2. The van der Waals surface area contributed by atoms with Gasteiger partial charge in [-0.2, -0.15) is 0 Å². The van der Waals surface area contributed by atoms with Crippen LogP contribution in [0.5, 0.6) is 0 Å². The average molecular weight is 420 g/mol. The Morgan fingerprint density at radius 1 is 1.33 bits per heavy atom. The normalized spacial score (nSPS) is 20.3. The number of thiophene rings is 2. The van der Waals surface area contributed by atoms with Gasteiger partial charge >= 0.3 is 0 Å². The number of rotatable bonds is 4. The van der Waals surface area contributed by atoms with Crippen molar-refractivity contribution in [3.63, 3.8) is 0 Å². The minimum absolute atomic E-state index is 0.118. The van der Waals surface area contributed by atoms with E-state index in [1.165, 1.54) is 29.5 Å². The molecule has 0 saturated carbocycles. The van der Waals surface area contributed by atoms with Gasteiger partial charge in [-0.25, -0.2) is 4.98 Å².